The summed E-state index contributed by atoms with van der Waals surface area (Å²) in [6, 6.07) is 15.9. The van der Waals surface area contributed by atoms with Gasteiger partial charge in [0, 0.05) is 17.1 Å². The van der Waals surface area contributed by atoms with Crippen molar-refractivity contribution in [3.8, 4) is 0 Å². The summed E-state index contributed by atoms with van der Waals surface area (Å²) in [5, 5.41) is 0. The summed E-state index contributed by atoms with van der Waals surface area (Å²) < 4.78 is 0. The van der Waals surface area contributed by atoms with E-state index in [0.29, 0.717) is 0 Å². The van der Waals surface area contributed by atoms with Crippen LogP contribution in [0, 0.1) is 0 Å². The van der Waals surface area contributed by atoms with Gasteiger partial charge in [0.25, 0.3) is 0 Å². The van der Waals surface area contributed by atoms with Gasteiger partial charge in [0.1, 0.15) is 0 Å². The molecule has 0 bridgehead atoms. The summed E-state index contributed by atoms with van der Waals surface area (Å²) in [4.78, 5) is 0.978. The van der Waals surface area contributed by atoms with E-state index in [1.165, 1.54) is 5.56 Å². The van der Waals surface area contributed by atoms with Gasteiger partial charge in [-0.2, -0.15) is 0 Å². The molecule has 0 spiro atoms. The highest BCUT2D eigenvalue weighted by molar-refractivity contribution is 7.98. The molecule has 2 rings (SSSR count). The Bertz CT molecular complexity index is 448. The van der Waals surface area contributed by atoms with Crippen LogP contribution in [0.15, 0.2) is 53.4 Å². The van der Waals surface area contributed by atoms with Crippen LogP contribution in [0.3, 0.4) is 0 Å². The summed E-state index contributed by atoms with van der Waals surface area (Å²) in [7, 11) is 0. The van der Waals surface area contributed by atoms with Crippen LogP contribution in [0.25, 0.3) is 0 Å². The second-order valence-electron chi connectivity index (χ2n) is 3.54. The van der Waals surface area contributed by atoms with Gasteiger partial charge in [0.05, 0.1) is 4.90 Å². The van der Waals surface area contributed by atoms with Crippen molar-refractivity contribution < 1.29 is 0 Å². The fourth-order valence-corrected chi connectivity index (χ4v) is 2.44. The van der Waals surface area contributed by atoms with Crippen molar-refractivity contribution in [2.24, 2.45) is 0 Å². The van der Waals surface area contributed by atoms with Gasteiger partial charge in [-0.1, -0.05) is 36.4 Å². The fraction of sp³-hybridized carbons (Fsp3) is 0.0769. The van der Waals surface area contributed by atoms with E-state index in [1.54, 1.807) is 11.8 Å². The van der Waals surface area contributed by atoms with Crippen LogP contribution in [0.5, 0.6) is 0 Å². The van der Waals surface area contributed by atoms with Crippen molar-refractivity contribution in [1.29, 1.82) is 0 Å². The Balaban J connectivity index is 2.11. The third kappa shape index (κ3) is 2.49. The van der Waals surface area contributed by atoms with Crippen molar-refractivity contribution >= 4 is 23.1 Å². The van der Waals surface area contributed by atoms with E-state index < -0.39 is 0 Å². The maximum Gasteiger partial charge on any atom is 0.0535 e. The first-order chi connectivity index (χ1) is 7.77. The second-order valence-corrected chi connectivity index (χ2v) is 4.53. The van der Waals surface area contributed by atoms with Gasteiger partial charge in [0.15, 0.2) is 0 Å². The van der Waals surface area contributed by atoms with Crippen LogP contribution in [0.4, 0.5) is 11.4 Å². The minimum absolute atomic E-state index is 0.751. The molecule has 0 fully saturated rings. The first-order valence-corrected chi connectivity index (χ1v) is 6.06. The van der Waals surface area contributed by atoms with Crippen molar-refractivity contribution in [2.45, 2.75) is 10.6 Å². The maximum absolute atomic E-state index is 5.88. The van der Waals surface area contributed by atoms with Crippen LogP contribution < -0.4 is 11.5 Å². The summed E-state index contributed by atoms with van der Waals surface area (Å²) in [5.74, 6) is 0.888. The van der Waals surface area contributed by atoms with Crippen LogP contribution in [0.2, 0.25) is 0 Å². The molecule has 0 unspecified atom stereocenters. The molecule has 0 aliphatic rings. The number of benzene rings is 2. The monoisotopic (exact) mass is 230 g/mol. The molecule has 2 aromatic carbocycles. The number of hydrogen-bond acceptors (Lipinski definition) is 3. The van der Waals surface area contributed by atoms with E-state index in [9.17, 15) is 0 Å². The first kappa shape index (κ1) is 10.9. The molecule has 0 aromatic heterocycles. The molecule has 3 heteroatoms. The van der Waals surface area contributed by atoms with E-state index >= 15 is 0 Å². The smallest absolute Gasteiger partial charge is 0.0535 e. The zero-order valence-electron chi connectivity index (χ0n) is 8.89. The number of nitrogen functional groups attached to an aromatic ring is 2. The van der Waals surface area contributed by atoms with E-state index in [-0.39, 0.29) is 0 Å². The fourth-order valence-electron chi connectivity index (χ4n) is 1.47. The minimum atomic E-state index is 0.751. The molecule has 0 atom stereocenters. The van der Waals surface area contributed by atoms with Gasteiger partial charge in [-0.05, 0) is 17.7 Å². The highest BCUT2D eigenvalue weighted by Gasteiger charge is 2.04. The van der Waals surface area contributed by atoms with Gasteiger partial charge >= 0.3 is 0 Å². The van der Waals surface area contributed by atoms with Gasteiger partial charge in [0.2, 0.25) is 0 Å². The summed E-state index contributed by atoms with van der Waals surface area (Å²) in [5.41, 5.74) is 14.5. The molecular formula is C13H14N2S. The molecule has 0 saturated carbocycles. The van der Waals surface area contributed by atoms with Gasteiger partial charge in [-0.3, -0.25) is 0 Å². The molecule has 0 radical (unpaired) electrons. The maximum atomic E-state index is 5.88. The molecule has 0 heterocycles. The average molecular weight is 230 g/mol. The van der Waals surface area contributed by atoms with Crippen LogP contribution in [-0.4, -0.2) is 0 Å². The Labute approximate surface area is 99.7 Å². The van der Waals surface area contributed by atoms with Gasteiger partial charge in [-0.15, -0.1) is 11.8 Å². The van der Waals surface area contributed by atoms with Crippen molar-refractivity contribution in [1.82, 2.24) is 0 Å². The highest BCUT2D eigenvalue weighted by Crippen LogP contribution is 2.32. The number of hydrogen-bond donors (Lipinski definition) is 2. The van der Waals surface area contributed by atoms with Crippen LogP contribution >= 0.6 is 11.8 Å². The van der Waals surface area contributed by atoms with Crippen LogP contribution in [-0.2, 0) is 5.75 Å². The van der Waals surface area contributed by atoms with Gasteiger partial charge in [-0.25, -0.2) is 0 Å². The molecule has 0 aliphatic heterocycles. The second kappa shape index (κ2) is 4.94. The predicted octanol–water partition coefficient (Wildman–Crippen LogP) is 3.14. The Morgan fingerprint density at radius 3 is 2.06 bits per heavy atom. The SMILES string of the molecule is Nc1cccc(N)c1SCc1ccccc1. The van der Waals surface area contributed by atoms with E-state index in [2.05, 4.69) is 12.1 Å². The molecule has 16 heavy (non-hydrogen) atoms. The minimum Gasteiger partial charge on any atom is -0.398 e. The lowest BCUT2D eigenvalue weighted by molar-refractivity contribution is 1.38. The molecule has 4 N–H and O–H groups in total. The number of anilines is 2. The first-order valence-electron chi connectivity index (χ1n) is 5.08. The van der Waals surface area contributed by atoms with Gasteiger partial charge < -0.3 is 11.5 Å². The molecular weight excluding hydrogens is 216 g/mol. The Morgan fingerprint density at radius 2 is 1.44 bits per heavy atom. The molecule has 0 amide bonds. The Morgan fingerprint density at radius 1 is 0.812 bits per heavy atom. The number of nitrogens with two attached hydrogens (primary N) is 2. The highest BCUT2D eigenvalue weighted by atomic mass is 32.2. The molecule has 82 valence electrons. The summed E-state index contributed by atoms with van der Waals surface area (Å²) >= 11 is 1.68. The van der Waals surface area contributed by atoms with E-state index in [1.807, 2.05) is 36.4 Å². The lowest BCUT2D eigenvalue weighted by atomic mass is 10.2. The van der Waals surface area contributed by atoms with Crippen molar-refractivity contribution in [3.05, 3.63) is 54.1 Å². The standard InChI is InChI=1S/C13H14N2S/c14-11-7-4-8-12(15)13(11)16-9-10-5-2-1-3-6-10/h1-8H,9,14-15H2. The van der Waals surface area contributed by atoms with Crippen molar-refractivity contribution in [3.63, 3.8) is 0 Å². The lowest BCUT2D eigenvalue weighted by Crippen LogP contribution is -1.94. The third-order valence-corrected chi connectivity index (χ3v) is 3.54. The Kier molecular flexibility index (Phi) is 3.37. The molecule has 0 saturated heterocycles. The molecule has 0 aliphatic carbocycles. The summed E-state index contributed by atoms with van der Waals surface area (Å²) in [6.07, 6.45) is 0. The molecule has 2 aromatic rings. The third-order valence-electron chi connectivity index (χ3n) is 2.30. The van der Waals surface area contributed by atoms with E-state index in [4.69, 9.17) is 11.5 Å². The zero-order chi connectivity index (χ0) is 11.4. The quantitative estimate of drug-likeness (QED) is 0.629. The normalized spacial score (nSPS) is 10.2. The Hall–Kier alpha value is -1.61. The van der Waals surface area contributed by atoms with Crippen LogP contribution in [0.1, 0.15) is 5.56 Å². The van der Waals surface area contributed by atoms with Crippen molar-refractivity contribution in [2.75, 3.05) is 11.5 Å². The van der Waals surface area contributed by atoms with E-state index in [0.717, 1.165) is 22.0 Å². The predicted molar refractivity (Wildman–Crippen MR) is 71.3 cm³/mol. The largest absolute Gasteiger partial charge is 0.398 e. The molecule has 2 nitrogen and oxygen atoms in total. The lowest BCUT2D eigenvalue weighted by Gasteiger charge is -2.08. The average Bonchev–Trinajstić information content (AvgIpc) is 2.30. The number of rotatable bonds is 3. The topological polar surface area (TPSA) is 52.0 Å². The summed E-state index contributed by atoms with van der Waals surface area (Å²) in [6.45, 7) is 0. The number of thioether (sulfide) groups is 1. The zero-order valence-corrected chi connectivity index (χ0v) is 9.71.